The molecule has 17 heavy (non-hydrogen) atoms. The fraction of sp³-hybridized carbons (Fsp3) is 0.308. The zero-order chi connectivity index (χ0) is 12.4. The maximum atomic E-state index is 11.2. The number of methoxy groups -OCH3 is 1. The first-order valence-corrected chi connectivity index (χ1v) is 5.42. The molecule has 0 aliphatic carbocycles. The first-order chi connectivity index (χ1) is 8.13. The van der Waals surface area contributed by atoms with Crippen LogP contribution in [0.25, 0.3) is 10.9 Å². The molecule has 0 unspecified atom stereocenters. The molecule has 0 fully saturated rings. The topological polar surface area (TPSA) is 51.5 Å². The lowest BCUT2D eigenvalue weighted by molar-refractivity contribution is -0.142. The number of rotatable bonds is 3. The van der Waals surface area contributed by atoms with E-state index >= 15 is 0 Å². The molecule has 0 radical (unpaired) electrons. The van der Waals surface area contributed by atoms with E-state index in [-0.39, 0.29) is 6.42 Å². The van der Waals surface area contributed by atoms with Crippen LogP contribution in [0.2, 0.25) is 0 Å². The lowest BCUT2D eigenvalue weighted by Crippen LogP contribution is -2.09. The largest absolute Gasteiger partial charge is 0.469 e. The Bertz CT molecular complexity index is 545. The highest BCUT2D eigenvalue weighted by Crippen LogP contribution is 2.26. The van der Waals surface area contributed by atoms with E-state index in [1.54, 1.807) is 0 Å². The number of carbonyl (C=O) groups excluding carboxylic acids is 1. The summed E-state index contributed by atoms with van der Waals surface area (Å²) >= 11 is 0. The quantitative estimate of drug-likeness (QED) is 0.822. The van der Waals surface area contributed by atoms with E-state index < -0.39 is 12.1 Å². The number of benzene rings is 1. The van der Waals surface area contributed by atoms with Crippen molar-refractivity contribution in [3.05, 3.63) is 36.0 Å². The van der Waals surface area contributed by atoms with Gasteiger partial charge < -0.3 is 14.4 Å². The smallest absolute Gasteiger partial charge is 0.308 e. The Morgan fingerprint density at radius 1 is 1.47 bits per heavy atom. The van der Waals surface area contributed by atoms with Gasteiger partial charge in [0.25, 0.3) is 0 Å². The first-order valence-electron chi connectivity index (χ1n) is 5.42. The first kappa shape index (κ1) is 11.7. The van der Waals surface area contributed by atoms with E-state index in [0.717, 1.165) is 16.5 Å². The monoisotopic (exact) mass is 233 g/mol. The molecule has 4 heteroatoms. The summed E-state index contributed by atoms with van der Waals surface area (Å²) in [4.78, 5) is 11.2. The van der Waals surface area contributed by atoms with Gasteiger partial charge in [0.1, 0.15) is 0 Å². The minimum absolute atomic E-state index is 0.0270. The Hall–Kier alpha value is -1.81. The zero-order valence-electron chi connectivity index (χ0n) is 9.88. The van der Waals surface area contributed by atoms with Crippen molar-refractivity contribution in [2.75, 3.05) is 7.11 Å². The highest BCUT2D eigenvalue weighted by atomic mass is 16.5. The van der Waals surface area contributed by atoms with Gasteiger partial charge in [-0.2, -0.15) is 0 Å². The van der Waals surface area contributed by atoms with Gasteiger partial charge in [-0.15, -0.1) is 0 Å². The van der Waals surface area contributed by atoms with Crippen LogP contribution < -0.4 is 0 Å². The molecule has 1 aromatic heterocycles. The molecule has 1 N–H and O–H groups in total. The number of esters is 1. The Balaban J connectivity index is 2.40. The Labute approximate surface area is 99.4 Å². The van der Waals surface area contributed by atoms with Crippen molar-refractivity contribution < 1.29 is 14.6 Å². The third-order valence-corrected chi connectivity index (χ3v) is 2.88. The SMILES string of the molecule is COC(=O)C[C@H](O)c1cccc2ccn(C)c12. The number of aliphatic hydroxyl groups excluding tert-OH is 1. The molecule has 0 amide bonds. The molecule has 90 valence electrons. The van der Waals surface area contributed by atoms with Crippen molar-refractivity contribution in [2.45, 2.75) is 12.5 Å². The Kier molecular flexibility index (Phi) is 3.15. The van der Waals surface area contributed by atoms with Crippen LogP contribution >= 0.6 is 0 Å². The summed E-state index contributed by atoms with van der Waals surface area (Å²) in [6, 6.07) is 7.65. The van der Waals surface area contributed by atoms with Crippen molar-refractivity contribution in [1.82, 2.24) is 4.57 Å². The van der Waals surface area contributed by atoms with Crippen molar-refractivity contribution in [3.63, 3.8) is 0 Å². The minimum atomic E-state index is -0.834. The molecular formula is C13H15NO3. The number of fused-ring (bicyclic) bond motifs is 1. The van der Waals surface area contributed by atoms with Gasteiger partial charge in [0.15, 0.2) is 0 Å². The van der Waals surface area contributed by atoms with Gasteiger partial charge in [0.2, 0.25) is 0 Å². The van der Waals surface area contributed by atoms with Crippen LogP contribution in [0.4, 0.5) is 0 Å². The van der Waals surface area contributed by atoms with Gasteiger partial charge in [-0.3, -0.25) is 4.79 Å². The van der Waals surface area contributed by atoms with Crippen LogP contribution in [0, 0.1) is 0 Å². The van der Waals surface area contributed by atoms with Gasteiger partial charge in [-0.05, 0) is 11.5 Å². The van der Waals surface area contributed by atoms with Crippen LogP contribution in [0.5, 0.6) is 0 Å². The lowest BCUT2D eigenvalue weighted by Gasteiger charge is -2.12. The summed E-state index contributed by atoms with van der Waals surface area (Å²) in [5, 5.41) is 11.1. The second kappa shape index (κ2) is 4.59. The number of aliphatic hydroxyl groups is 1. The van der Waals surface area contributed by atoms with Crippen LogP contribution in [-0.4, -0.2) is 22.8 Å². The van der Waals surface area contributed by atoms with E-state index in [4.69, 9.17) is 0 Å². The van der Waals surface area contributed by atoms with Gasteiger partial charge in [-0.25, -0.2) is 0 Å². The predicted octanol–water partition coefficient (Wildman–Crippen LogP) is 1.77. The van der Waals surface area contributed by atoms with Gasteiger partial charge >= 0.3 is 5.97 Å². The molecular weight excluding hydrogens is 218 g/mol. The average Bonchev–Trinajstić information content (AvgIpc) is 2.71. The van der Waals surface area contributed by atoms with E-state index in [1.807, 2.05) is 42.1 Å². The number of carbonyl (C=O) groups is 1. The van der Waals surface area contributed by atoms with Crippen molar-refractivity contribution >= 4 is 16.9 Å². The molecule has 2 rings (SSSR count). The molecule has 0 spiro atoms. The highest BCUT2D eigenvalue weighted by molar-refractivity contribution is 5.84. The Morgan fingerprint density at radius 2 is 2.24 bits per heavy atom. The van der Waals surface area contributed by atoms with Gasteiger partial charge in [0, 0.05) is 18.8 Å². The summed E-state index contributed by atoms with van der Waals surface area (Å²) in [5.74, 6) is -0.413. The van der Waals surface area contributed by atoms with Crippen molar-refractivity contribution in [1.29, 1.82) is 0 Å². The van der Waals surface area contributed by atoms with Crippen LogP contribution in [0.3, 0.4) is 0 Å². The summed E-state index contributed by atoms with van der Waals surface area (Å²) < 4.78 is 6.50. The normalized spacial score (nSPS) is 12.6. The van der Waals surface area contributed by atoms with Crippen molar-refractivity contribution in [2.24, 2.45) is 7.05 Å². The number of nitrogens with zero attached hydrogens (tertiary/aromatic N) is 1. The van der Waals surface area contributed by atoms with Gasteiger partial charge in [0.05, 0.1) is 25.2 Å². The standard InChI is InChI=1S/C13H15NO3/c1-14-7-6-9-4-3-5-10(13(9)14)11(15)8-12(16)17-2/h3-7,11,15H,8H2,1-2H3/t11-/m0/s1. The molecule has 1 heterocycles. The molecule has 0 aliphatic heterocycles. The Morgan fingerprint density at radius 3 is 2.94 bits per heavy atom. The van der Waals surface area contributed by atoms with Gasteiger partial charge in [-0.1, -0.05) is 18.2 Å². The predicted molar refractivity (Wildman–Crippen MR) is 64.5 cm³/mol. The molecule has 0 saturated carbocycles. The summed E-state index contributed by atoms with van der Waals surface area (Å²) in [6.07, 6.45) is 1.07. The number of para-hydroxylation sites is 1. The number of ether oxygens (including phenoxy) is 1. The zero-order valence-corrected chi connectivity index (χ0v) is 9.88. The number of aromatic nitrogens is 1. The molecule has 0 saturated heterocycles. The third-order valence-electron chi connectivity index (χ3n) is 2.88. The van der Waals surface area contributed by atoms with Crippen LogP contribution in [-0.2, 0) is 16.6 Å². The number of hydrogen-bond donors (Lipinski definition) is 1. The molecule has 0 aliphatic rings. The maximum absolute atomic E-state index is 11.2. The average molecular weight is 233 g/mol. The van der Waals surface area contributed by atoms with E-state index in [9.17, 15) is 9.90 Å². The minimum Gasteiger partial charge on any atom is -0.469 e. The molecule has 0 bridgehead atoms. The fourth-order valence-corrected chi connectivity index (χ4v) is 2.01. The maximum Gasteiger partial charge on any atom is 0.308 e. The summed E-state index contributed by atoms with van der Waals surface area (Å²) in [5.41, 5.74) is 1.70. The van der Waals surface area contributed by atoms with Crippen molar-refractivity contribution in [3.8, 4) is 0 Å². The summed E-state index contributed by atoms with van der Waals surface area (Å²) in [7, 11) is 3.23. The second-order valence-electron chi connectivity index (χ2n) is 4.01. The van der Waals surface area contributed by atoms with E-state index in [2.05, 4.69) is 4.74 Å². The molecule has 1 atom stereocenters. The fourth-order valence-electron chi connectivity index (χ4n) is 2.01. The summed E-state index contributed by atoms with van der Waals surface area (Å²) in [6.45, 7) is 0. The number of hydrogen-bond acceptors (Lipinski definition) is 3. The molecule has 2 aromatic rings. The molecule has 1 aromatic carbocycles. The van der Waals surface area contributed by atoms with Crippen LogP contribution in [0.15, 0.2) is 30.5 Å². The highest BCUT2D eigenvalue weighted by Gasteiger charge is 2.17. The van der Waals surface area contributed by atoms with E-state index in [0.29, 0.717) is 0 Å². The lowest BCUT2D eigenvalue weighted by atomic mass is 10.0. The van der Waals surface area contributed by atoms with Crippen LogP contribution in [0.1, 0.15) is 18.1 Å². The second-order valence-corrected chi connectivity index (χ2v) is 4.01. The van der Waals surface area contributed by atoms with E-state index in [1.165, 1.54) is 7.11 Å². The molecule has 4 nitrogen and oxygen atoms in total. The number of aryl methyl sites for hydroxylation is 1. The third kappa shape index (κ3) is 2.17.